The number of hydrogen-bond acceptors (Lipinski definition) is 5. The minimum Gasteiger partial charge on any atom is -0.298 e. The zero-order valence-electron chi connectivity index (χ0n) is 15.7. The summed E-state index contributed by atoms with van der Waals surface area (Å²) >= 11 is 1.40. The Hall–Kier alpha value is -3.90. The Morgan fingerprint density at radius 1 is 0.933 bits per heavy atom. The highest BCUT2D eigenvalue weighted by atomic mass is 32.1. The van der Waals surface area contributed by atoms with Gasteiger partial charge < -0.3 is 0 Å². The van der Waals surface area contributed by atoms with Crippen molar-refractivity contribution in [1.29, 1.82) is 0 Å². The van der Waals surface area contributed by atoms with E-state index in [2.05, 4.69) is 16.1 Å². The van der Waals surface area contributed by atoms with E-state index < -0.39 is 0 Å². The number of thiophene rings is 1. The number of ketones is 1. The number of aromatic nitrogens is 3. The molecule has 0 aliphatic rings. The van der Waals surface area contributed by atoms with Crippen LogP contribution in [-0.4, -0.2) is 26.7 Å². The van der Waals surface area contributed by atoms with E-state index >= 15 is 0 Å². The van der Waals surface area contributed by atoms with Crippen LogP contribution in [0.25, 0.3) is 28.0 Å². The Labute approximate surface area is 176 Å². The van der Waals surface area contributed by atoms with Crippen LogP contribution < -0.4 is 0 Å². The highest BCUT2D eigenvalue weighted by Crippen LogP contribution is 2.28. The molecule has 5 rings (SSSR count). The molecule has 0 radical (unpaired) electrons. The molecule has 0 unspecified atom stereocenters. The predicted molar refractivity (Wildman–Crippen MR) is 117 cm³/mol. The third-order valence-corrected chi connectivity index (χ3v) is 5.80. The van der Waals surface area contributed by atoms with Crippen LogP contribution in [0.2, 0.25) is 0 Å². The maximum Gasteiger partial charge on any atom is 0.208 e. The van der Waals surface area contributed by atoms with Crippen LogP contribution in [0.1, 0.15) is 25.6 Å². The summed E-state index contributed by atoms with van der Waals surface area (Å²) in [6.07, 6.45) is 4.11. The molecule has 0 aliphatic carbocycles. The fourth-order valence-electron chi connectivity index (χ4n) is 3.42. The summed E-state index contributed by atoms with van der Waals surface area (Å²) in [4.78, 5) is 28.8. The molecule has 0 saturated heterocycles. The van der Waals surface area contributed by atoms with Crippen LogP contribution in [0.4, 0.5) is 0 Å². The van der Waals surface area contributed by atoms with Gasteiger partial charge in [0.15, 0.2) is 5.65 Å². The first-order valence-corrected chi connectivity index (χ1v) is 10.2. The van der Waals surface area contributed by atoms with Gasteiger partial charge in [0.2, 0.25) is 5.78 Å². The molecule has 5 nitrogen and oxygen atoms in total. The molecule has 2 aromatic carbocycles. The van der Waals surface area contributed by atoms with E-state index in [4.69, 9.17) is 0 Å². The van der Waals surface area contributed by atoms with E-state index in [0.29, 0.717) is 21.7 Å². The molecule has 0 atom stereocenters. The molecule has 0 amide bonds. The van der Waals surface area contributed by atoms with Gasteiger partial charge in [-0.15, -0.1) is 11.3 Å². The standard InChI is InChI=1S/C24H15N3O2S/c28-15-16-6-8-17(9-7-16)18-3-1-4-19(13-18)21-10-11-25-24-20(14-26-27(21)24)23(29)22-5-2-12-30-22/h1-15H. The molecule has 0 bridgehead atoms. The van der Waals surface area contributed by atoms with E-state index in [1.165, 1.54) is 11.3 Å². The molecule has 0 N–H and O–H groups in total. The second-order valence-electron chi connectivity index (χ2n) is 6.75. The summed E-state index contributed by atoms with van der Waals surface area (Å²) in [5, 5.41) is 6.33. The molecule has 0 fully saturated rings. The average Bonchev–Trinajstić information content (AvgIpc) is 3.49. The number of fused-ring (bicyclic) bond motifs is 1. The van der Waals surface area contributed by atoms with Gasteiger partial charge in [-0.05, 0) is 34.7 Å². The monoisotopic (exact) mass is 409 g/mol. The van der Waals surface area contributed by atoms with Gasteiger partial charge in [0.1, 0.15) is 6.29 Å². The molecule has 6 heteroatoms. The summed E-state index contributed by atoms with van der Waals surface area (Å²) in [5.41, 5.74) is 5.50. The average molecular weight is 409 g/mol. The maximum atomic E-state index is 12.8. The van der Waals surface area contributed by atoms with Gasteiger partial charge >= 0.3 is 0 Å². The fourth-order valence-corrected chi connectivity index (χ4v) is 4.10. The van der Waals surface area contributed by atoms with Gasteiger partial charge in [0.05, 0.1) is 22.3 Å². The normalized spacial score (nSPS) is 10.9. The van der Waals surface area contributed by atoms with Crippen molar-refractivity contribution in [3.63, 3.8) is 0 Å². The Balaban J connectivity index is 1.58. The molecule has 0 spiro atoms. The van der Waals surface area contributed by atoms with Crippen LogP contribution in [0.15, 0.2) is 84.5 Å². The summed E-state index contributed by atoms with van der Waals surface area (Å²) in [6, 6.07) is 21.1. The van der Waals surface area contributed by atoms with E-state index in [1.807, 2.05) is 47.8 Å². The number of carbonyl (C=O) groups is 2. The van der Waals surface area contributed by atoms with E-state index in [-0.39, 0.29) is 5.78 Å². The summed E-state index contributed by atoms with van der Waals surface area (Å²) in [7, 11) is 0. The van der Waals surface area contributed by atoms with Crippen LogP contribution in [0.3, 0.4) is 0 Å². The van der Waals surface area contributed by atoms with Crippen molar-refractivity contribution in [2.45, 2.75) is 0 Å². The number of carbonyl (C=O) groups excluding carboxylic acids is 2. The number of nitrogens with zero attached hydrogens (tertiary/aromatic N) is 3. The Morgan fingerprint density at radius 3 is 2.53 bits per heavy atom. The number of hydrogen-bond donors (Lipinski definition) is 0. The van der Waals surface area contributed by atoms with Gasteiger partial charge in [0.25, 0.3) is 0 Å². The van der Waals surface area contributed by atoms with Crippen molar-refractivity contribution >= 4 is 29.1 Å². The largest absolute Gasteiger partial charge is 0.298 e. The molecule has 144 valence electrons. The van der Waals surface area contributed by atoms with Gasteiger partial charge in [-0.2, -0.15) is 5.10 Å². The molecular formula is C24H15N3O2S. The third-order valence-electron chi connectivity index (χ3n) is 4.93. The second kappa shape index (κ2) is 7.50. The zero-order chi connectivity index (χ0) is 20.5. The van der Waals surface area contributed by atoms with Crippen LogP contribution in [0, 0.1) is 0 Å². The molecule has 0 aliphatic heterocycles. The van der Waals surface area contributed by atoms with Crippen LogP contribution in [0.5, 0.6) is 0 Å². The second-order valence-corrected chi connectivity index (χ2v) is 7.70. The first-order valence-electron chi connectivity index (χ1n) is 9.31. The van der Waals surface area contributed by atoms with Crippen molar-refractivity contribution in [2.75, 3.05) is 0 Å². The van der Waals surface area contributed by atoms with Gasteiger partial charge in [0, 0.05) is 17.3 Å². The molecule has 30 heavy (non-hydrogen) atoms. The van der Waals surface area contributed by atoms with Crippen molar-refractivity contribution in [3.05, 3.63) is 101 Å². The van der Waals surface area contributed by atoms with E-state index in [1.54, 1.807) is 35.1 Å². The number of rotatable bonds is 5. The highest BCUT2D eigenvalue weighted by molar-refractivity contribution is 7.12. The first-order chi connectivity index (χ1) is 14.7. The number of aldehydes is 1. The SMILES string of the molecule is O=Cc1ccc(-c2cccc(-c3ccnc4c(C(=O)c5cccs5)cnn34)c2)cc1. The lowest BCUT2D eigenvalue weighted by molar-refractivity contribution is 0.104. The highest BCUT2D eigenvalue weighted by Gasteiger charge is 2.18. The Bertz CT molecular complexity index is 1370. The van der Waals surface area contributed by atoms with Gasteiger partial charge in [-0.25, -0.2) is 9.50 Å². The maximum absolute atomic E-state index is 12.8. The first kappa shape index (κ1) is 18.1. The van der Waals surface area contributed by atoms with Gasteiger partial charge in [-0.1, -0.05) is 48.5 Å². The topological polar surface area (TPSA) is 64.3 Å². The summed E-state index contributed by atoms with van der Waals surface area (Å²) in [6.45, 7) is 0. The van der Waals surface area contributed by atoms with Crippen molar-refractivity contribution in [3.8, 4) is 22.4 Å². The van der Waals surface area contributed by atoms with Crippen molar-refractivity contribution in [1.82, 2.24) is 14.6 Å². The fraction of sp³-hybridized carbons (Fsp3) is 0. The van der Waals surface area contributed by atoms with E-state index in [9.17, 15) is 9.59 Å². The smallest absolute Gasteiger partial charge is 0.208 e. The zero-order valence-corrected chi connectivity index (χ0v) is 16.5. The van der Waals surface area contributed by atoms with Crippen molar-refractivity contribution in [2.24, 2.45) is 0 Å². The lowest BCUT2D eigenvalue weighted by atomic mass is 10.0. The lowest BCUT2D eigenvalue weighted by Gasteiger charge is -2.08. The summed E-state index contributed by atoms with van der Waals surface area (Å²) < 4.78 is 1.70. The number of benzene rings is 2. The van der Waals surface area contributed by atoms with Crippen LogP contribution in [-0.2, 0) is 0 Å². The molecule has 3 aromatic heterocycles. The minimum atomic E-state index is -0.0753. The minimum absolute atomic E-state index is 0.0753. The van der Waals surface area contributed by atoms with Crippen LogP contribution >= 0.6 is 11.3 Å². The Morgan fingerprint density at radius 2 is 1.77 bits per heavy atom. The third kappa shape index (κ3) is 3.13. The molecule has 3 heterocycles. The summed E-state index contributed by atoms with van der Waals surface area (Å²) in [5.74, 6) is -0.0753. The quantitative estimate of drug-likeness (QED) is 0.297. The molecule has 0 saturated carbocycles. The molecular weight excluding hydrogens is 394 g/mol. The van der Waals surface area contributed by atoms with E-state index in [0.717, 1.165) is 28.7 Å². The molecule has 5 aromatic rings. The lowest BCUT2D eigenvalue weighted by Crippen LogP contribution is -2.01. The Kier molecular flexibility index (Phi) is 4.53. The van der Waals surface area contributed by atoms with Gasteiger partial charge in [-0.3, -0.25) is 9.59 Å². The predicted octanol–water partition coefficient (Wildman–Crippen LogP) is 5.17. The van der Waals surface area contributed by atoms with Crippen molar-refractivity contribution < 1.29 is 9.59 Å².